The van der Waals surface area contributed by atoms with Gasteiger partial charge >= 0.3 is 5.97 Å². The SMILES string of the molecule is CO[C@H]1[C@H](C2(C)OC2CC=C(C)C)[C@]2(CC[C@H]1OC(=O)/C=C/c1ccc(OCCOC(C)C)cc1)CO2. The highest BCUT2D eigenvalue weighted by molar-refractivity contribution is 5.87. The number of methoxy groups -OCH3 is 1. The third kappa shape index (κ3) is 6.82. The molecule has 0 N–H and O–H groups in total. The van der Waals surface area contributed by atoms with E-state index in [2.05, 4.69) is 26.8 Å². The molecule has 6 atom stereocenters. The molecule has 0 bridgehead atoms. The molecule has 1 aliphatic carbocycles. The minimum absolute atomic E-state index is 0.00887. The minimum Gasteiger partial charge on any atom is -0.491 e. The molecule has 4 rings (SSSR count). The van der Waals surface area contributed by atoms with Gasteiger partial charge in [0.2, 0.25) is 0 Å². The van der Waals surface area contributed by atoms with E-state index in [0.29, 0.717) is 26.2 Å². The summed E-state index contributed by atoms with van der Waals surface area (Å²) in [6.07, 6.45) is 7.51. The molecule has 0 aromatic heterocycles. The van der Waals surface area contributed by atoms with Crippen molar-refractivity contribution < 1.29 is 33.2 Å². The van der Waals surface area contributed by atoms with Crippen LogP contribution in [0.1, 0.15) is 59.4 Å². The van der Waals surface area contributed by atoms with E-state index in [-0.39, 0.29) is 47.5 Å². The summed E-state index contributed by atoms with van der Waals surface area (Å²) in [7, 11) is 1.69. The van der Waals surface area contributed by atoms with Crippen LogP contribution in [0, 0.1) is 5.92 Å². The van der Waals surface area contributed by atoms with Crippen LogP contribution in [0.2, 0.25) is 0 Å². The standard InChI is InChI=1S/C30H42O7/c1-20(2)7-13-25-29(5,37-25)28-27(32-6)24(15-16-30(28)19-35-30)36-26(31)14-10-22-8-11-23(12-9-22)34-18-17-33-21(3)4/h7-12,14,21,24-25,27-28H,13,15-19H2,1-6H3/b14-10+/t24-,25?,27-,28-,29?,30+/m1/s1. The molecule has 1 aromatic carbocycles. The summed E-state index contributed by atoms with van der Waals surface area (Å²) in [5.74, 6) is 0.389. The number of rotatable bonds is 12. The molecule has 204 valence electrons. The molecule has 1 saturated carbocycles. The zero-order valence-electron chi connectivity index (χ0n) is 23.0. The fourth-order valence-electron chi connectivity index (χ4n) is 5.54. The van der Waals surface area contributed by atoms with E-state index < -0.39 is 0 Å². The van der Waals surface area contributed by atoms with Gasteiger partial charge in [-0.2, -0.15) is 0 Å². The molecule has 0 radical (unpaired) electrons. The van der Waals surface area contributed by atoms with Crippen LogP contribution < -0.4 is 4.74 Å². The Morgan fingerprint density at radius 2 is 1.92 bits per heavy atom. The van der Waals surface area contributed by atoms with Gasteiger partial charge in [-0.1, -0.05) is 23.8 Å². The maximum atomic E-state index is 12.8. The number of benzene rings is 1. The van der Waals surface area contributed by atoms with Crippen LogP contribution in [0.15, 0.2) is 42.0 Å². The second-order valence-corrected chi connectivity index (χ2v) is 11.0. The molecule has 2 heterocycles. The first-order chi connectivity index (χ1) is 17.7. The van der Waals surface area contributed by atoms with Crippen molar-refractivity contribution in [3.63, 3.8) is 0 Å². The molecule has 7 nitrogen and oxygen atoms in total. The van der Waals surface area contributed by atoms with Crippen molar-refractivity contribution in [2.24, 2.45) is 5.92 Å². The van der Waals surface area contributed by atoms with Gasteiger partial charge in [0, 0.05) is 13.2 Å². The maximum Gasteiger partial charge on any atom is 0.331 e. The van der Waals surface area contributed by atoms with Crippen LogP contribution in [-0.2, 0) is 28.5 Å². The summed E-state index contributed by atoms with van der Waals surface area (Å²) >= 11 is 0. The molecular formula is C30H42O7. The average Bonchev–Trinajstić information content (AvgIpc) is 3.78. The molecule has 37 heavy (non-hydrogen) atoms. The van der Waals surface area contributed by atoms with E-state index in [9.17, 15) is 4.79 Å². The van der Waals surface area contributed by atoms with Crippen molar-refractivity contribution in [2.45, 2.75) is 89.5 Å². The lowest BCUT2D eigenvalue weighted by Gasteiger charge is -2.42. The molecular weight excluding hydrogens is 472 g/mol. The quantitative estimate of drug-likeness (QED) is 0.126. The average molecular weight is 515 g/mol. The van der Waals surface area contributed by atoms with Crippen molar-refractivity contribution >= 4 is 12.0 Å². The molecule has 2 saturated heterocycles. The van der Waals surface area contributed by atoms with Gasteiger partial charge in [0.05, 0.1) is 31.3 Å². The minimum atomic E-state index is -0.382. The second-order valence-electron chi connectivity index (χ2n) is 11.0. The summed E-state index contributed by atoms with van der Waals surface area (Å²) in [5, 5.41) is 0. The van der Waals surface area contributed by atoms with Gasteiger partial charge in [-0.25, -0.2) is 4.79 Å². The first-order valence-corrected chi connectivity index (χ1v) is 13.4. The van der Waals surface area contributed by atoms with Gasteiger partial charge in [-0.3, -0.25) is 0 Å². The highest BCUT2D eigenvalue weighted by atomic mass is 16.6. The molecule has 1 spiro atoms. The van der Waals surface area contributed by atoms with Crippen molar-refractivity contribution in [3.8, 4) is 5.75 Å². The third-order valence-corrected chi connectivity index (χ3v) is 7.60. The number of hydrogen-bond acceptors (Lipinski definition) is 7. The summed E-state index contributed by atoms with van der Waals surface area (Å²) < 4.78 is 35.3. The number of carbonyl (C=O) groups is 1. The van der Waals surface area contributed by atoms with Crippen LogP contribution >= 0.6 is 0 Å². The normalized spacial score (nSPS) is 32.5. The Morgan fingerprint density at radius 1 is 1.19 bits per heavy atom. The number of epoxide rings is 2. The highest BCUT2D eigenvalue weighted by Crippen LogP contribution is 2.59. The Hall–Kier alpha value is -2.19. The fraction of sp³-hybridized carbons (Fsp3) is 0.633. The Kier molecular flexibility index (Phi) is 8.79. The molecule has 3 aliphatic rings. The molecule has 2 aliphatic heterocycles. The number of ether oxygens (including phenoxy) is 6. The Morgan fingerprint density at radius 3 is 2.54 bits per heavy atom. The number of allylic oxidation sites excluding steroid dienone is 1. The predicted octanol–water partition coefficient (Wildman–Crippen LogP) is 5.12. The monoisotopic (exact) mass is 514 g/mol. The first kappa shape index (κ1) is 27.8. The van der Waals surface area contributed by atoms with Gasteiger partial charge in [0.1, 0.15) is 35.8 Å². The summed E-state index contributed by atoms with van der Waals surface area (Å²) in [5.41, 5.74) is 1.57. The fourth-order valence-corrected chi connectivity index (χ4v) is 5.54. The van der Waals surface area contributed by atoms with Crippen molar-refractivity contribution in [3.05, 3.63) is 47.6 Å². The van der Waals surface area contributed by atoms with E-state index in [0.717, 1.165) is 24.2 Å². The smallest absolute Gasteiger partial charge is 0.331 e. The van der Waals surface area contributed by atoms with E-state index in [1.165, 1.54) is 11.6 Å². The first-order valence-electron chi connectivity index (χ1n) is 13.4. The lowest BCUT2D eigenvalue weighted by molar-refractivity contribution is -0.166. The van der Waals surface area contributed by atoms with Crippen LogP contribution in [0.25, 0.3) is 6.08 Å². The van der Waals surface area contributed by atoms with E-state index >= 15 is 0 Å². The van der Waals surface area contributed by atoms with E-state index in [1.807, 2.05) is 38.1 Å². The highest BCUT2D eigenvalue weighted by Gasteiger charge is 2.72. The summed E-state index contributed by atoms with van der Waals surface area (Å²) in [6.45, 7) is 12.1. The van der Waals surface area contributed by atoms with Crippen molar-refractivity contribution in [1.29, 1.82) is 0 Å². The molecule has 1 aromatic rings. The van der Waals surface area contributed by atoms with Gasteiger partial charge in [-0.05, 0) is 77.7 Å². The van der Waals surface area contributed by atoms with Gasteiger partial charge in [0.25, 0.3) is 0 Å². The molecule has 2 unspecified atom stereocenters. The number of esters is 1. The number of carbonyl (C=O) groups excluding carboxylic acids is 1. The van der Waals surface area contributed by atoms with Crippen LogP contribution in [-0.4, -0.2) is 68.5 Å². The van der Waals surface area contributed by atoms with E-state index in [4.69, 9.17) is 28.4 Å². The summed E-state index contributed by atoms with van der Waals surface area (Å²) in [6, 6.07) is 7.57. The maximum absolute atomic E-state index is 12.8. The third-order valence-electron chi connectivity index (χ3n) is 7.60. The zero-order valence-corrected chi connectivity index (χ0v) is 23.0. The lowest BCUT2D eigenvalue weighted by Crippen LogP contribution is -2.55. The van der Waals surface area contributed by atoms with Gasteiger partial charge in [0.15, 0.2) is 0 Å². The Labute approximate surface area is 221 Å². The molecule has 0 amide bonds. The zero-order chi connectivity index (χ0) is 26.6. The Balaban J connectivity index is 1.33. The Bertz CT molecular complexity index is 974. The lowest BCUT2D eigenvalue weighted by atomic mass is 9.68. The van der Waals surface area contributed by atoms with Gasteiger partial charge in [-0.15, -0.1) is 0 Å². The topological polar surface area (TPSA) is 79.1 Å². The van der Waals surface area contributed by atoms with Crippen molar-refractivity contribution in [2.75, 3.05) is 26.9 Å². The van der Waals surface area contributed by atoms with Crippen LogP contribution in [0.5, 0.6) is 5.75 Å². The second kappa shape index (κ2) is 11.7. The predicted molar refractivity (Wildman–Crippen MR) is 141 cm³/mol. The number of hydrogen-bond donors (Lipinski definition) is 0. The molecule has 7 heteroatoms. The summed E-state index contributed by atoms with van der Waals surface area (Å²) in [4.78, 5) is 12.8. The van der Waals surface area contributed by atoms with E-state index in [1.54, 1.807) is 13.2 Å². The van der Waals surface area contributed by atoms with Crippen LogP contribution in [0.3, 0.4) is 0 Å². The van der Waals surface area contributed by atoms with Crippen LogP contribution in [0.4, 0.5) is 0 Å². The van der Waals surface area contributed by atoms with Gasteiger partial charge < -0.3 is 28.4 Å². The largest absolute Gasteiger partial charge is 0.491 e. The molecule has 3 fully saturated rings. The van der Waals surface area contributed by atoms with Crippen molar-refractivity contribution in [1.82, 2.24) is 0 Å².